The molecule has 0 unspecified atom stereocenters. The first kappa shape index (κ1) is 13.3. The molecule has 0 spiro atoms. The monoisotopic (exact) mass is 260 g/mol. The molecule has 7 heteroatoms. The van der Waals surface area contributed by atoms with Crippen molar-refractivity contribution in [2.75, 3.05) is 7.11 Å². The Kier molecular flexibility index (Phi) is 4.35. The zero-order valence-corrected chi connectivity index (χ0v) is 9.46. The predicted octanol–water partition coefficient (Wildman–Crippen LogP) is 2.42. The summed E-state index contributed by atoms with van der Waals surface area (Å²) < 4.78 is 29.7. The fourth-order valence-electron chi connectivity index (χ4n) is 1.23. The van der Waals surface area contributed by atoms with Gasteiger partial charge in [0.05, 0.1) is 29.8 Å². The van der Waals surface area contributed by atoms with Crippen LogP contribution in [0.3, 0.4) is 0 Å². The number of carbonyl (C=O) groups excluding carboxylic acids is 1. The number of rotatable bonds is 3. The van der Waals surface area contributed by atoms with E-state index < -0.39 is 23.7 Å². The van der Waals surface area contributed by atoms with Crippen LogP contribution in [0, 0.1) is 11.3 Å². The molecule has 0 N–H and O–H groups in total. The van der Waals surface area contributed by atoms with E-state index in [9.17, 15) is 13.6 Å². The third kappa shape index (κ3) is 2.68. The molecule has 0 saturated carbocycles. The quantitative estimate of drug-likeness (QED) is 0.618. The third-order valence-electron chi connectivity index (χ3n) is 1.96. The van der Waals surface area contributed by atoms with E-state index in [1.807, 2.05) is 0 Å². The number of esters is 1. The van der Waals surface area contributed by atoms with E-state index in [0.717, 1.165) is 7.11 Å². The Morgan fingerprint density at radius 1 is 1.71 bits per heavy atom. The summed E-state index contributed by atoms with van der Waals surface area (Å²) in [5.74, 6) is -1.02. The van der Waals surface area contributed by atoms with Crippen molar-refractivity contribution in [1.82, 2.24) is 4.98 Å². The van der Waals surface area contributed by atoms with Gasteiger partial charge in [-0.3, -0.25) is 0 Å². The van der Waals surface area contributed by atoms with Crippen molar-refractivity contribution in [3.05, 3.63) is 28.6 Å². The van der Waals surface area contributed by atoms with E-state index in [2.05, 4.69) is 9.72 Å². The van der Waals surface area contributed by atoms with Crippen molar-refractivity contribution in [3.8, 4) is 6.07 Å². The van der Waals surface area contributed by atoms with Crippen LogP contribution in [0.25, 0.3) is 0 Å². The fourth-order valence-corrected chi connectivity index (χ4v) is 1.37. The molecule has 0 atom stereocenters. The van der Waals surface area contributed by atoms with Crippen LogP contribution in [0.4, 0.5) is 8.78 Å². The summed E-state index contributed by atoms with van der Waals surface area (Å²) in [7, 11) is 1.09. The molecule has 0 amide bonds. The molecular formula is C10H7ClF2N2O2. The van der Waals surface area contributed by atoms with Crippen LogP contribution in [-0.2, 0) is 10.6 Å². The van der Waals surface area contributed by atoms with E-state index in [4.69, 9.17) is 16.9 Å². The largest absolute Gasteiger partial charge is 0.465 e. The van der Waals surface area contributed by atoms with E-state index in [-0.39, 0.29) is 17.1 Å². The minimum atomic E-state index is -2.96. The Hall–Kier alpha value is -1.74. The lowest BCUT2D eigenvalue weighted by Gasteiger charge is -2.08. The highest BCUT2D eigenvalue weighted by atomic mass is 35.5. The summed E-state index contributed by atoms with van der Waals surface area (Å²) in [5, 5.41) is 8.79. The maximum absolute atomic E-state index is 12.7. The van der Waals surface area contributed by atoms with E-state index in [1.165, 1.54) is 12.1 Å². The van der Waals surface area contributed by atoms with Gasteiger partial charge in [-0.05, 0) is 6.07 Å². The zero-order valence-electron chi connectivity index (χ0n) is 8.71. The summed E-state index contributed by atoms with van der Waals surface area (Å²) in [6.45, 7) is 0. The van der Waals surface area contributed by atoms with Gasteiger partial charge in [-0.1, -0.05) is 0 Å². The number of carbonyl (C=O) groups is 1. The summed E-state index contributed by atoms with van der Waals surface area (Å²) >= 11 is 5.48. The first-order chi connectivity index (χ1) is 8.04. The van der Waals surface area contributed by atoms with Crippen molar-refractivity contribution < 1.29 is 18.3 Å². The molecule has 0 radical (unpaired) electrons. The lowest BCUT2D eigenvalue weighted by Crippen LogP contribution is -2.10. The molecule has 0 fully saturated rings. The molecule has 4 nitrogen and oxygen atoms in total. The first-order valence-electron chi connectivity index (χ1n) is 4.41. The number of hydrogen-bond donors (Lipinski definition) is 0. The minimum absolute atomic E-state index is 0.0846. The van der Waals surface area contributed by atoms with Crippen LogP contribution >= 0.6 is 11.6 Å². The number of nitrogens with zero attached hydrogens (tertiary/aromatic N) is 2. The maximum Gasteiger partial charge on any atom is 0.339 e. The molecular weight excluding hydrogens is 254 g/mol. The number of pyridine rings is 1. The van der Waals surface area contributed by atoms with Gasteiger partial charge in [0, 0.05) is 0 Å². The van der Waals surface area contributed by atoms with E-state index in [1.54, 1.807) is 0 Å². The number of hydrogen-bond acceptors (Lipinski definition) is 4. The van der Waals surface area contributed by atoms with Crippen LogP contribution in [0.2, 0.25) is 0 Å². The molecule has 17 heavy (non-hydrogen) atoms. The van der Waals surface area contributed by atoms with Crippen molar-refractivity contribution in [2.45, 2.75) is 12.3 Å². The van der Waals surface area contributed by atoms with Gasteiger partial charge in [-0.2, -0.15) is 5.26 Å². The van der Waals surface area contributed by atoms with Crippen molar-refractivity contribution in [3.63, 3.8) is 0 Å². The summed E-state index contributed by atoms with van der Waals surface area (Å²) in [6, 6.07) is 2.70. The van der Waals surface area contributed by atoms with E-state index in [0.29, 0.717) is 0 Å². The molecule has 1 heterocycles. The Bertz CT molecular complexity index is 486. The molecule has 90 valence electrons. The van der Waals surface area contributed by atoms with Crippen LogP contribution in [0.5, 0.6) is 0 Å². The number of halogens is 3. The van der Waals surface area contributed by atoms with Crippen molar-refractivity contribution >= 4 is 17.6 Å². The summed E-state index contributed by atoms with van der Waals surface area (Å²) in [5.41, 5.74) is -1.41. The van der Waals surface area contributed by atoms with Gasteiger partial charge in [0.2, 0.25) is 0 Å². The number of alkyl halides is 3. The molecule has 0 bridgehead atoms. The minimum Gasteiger partial charge on any atom is -0.465 e. The SMILES string of the molecule is COC(=O)c1cc(CCl)nc(C(F)F)c1C#N. The Morgan fingerprint density at radius 3 is 2.76 bits per heavy atom. The molecule has 1 aromatic rings. The fraction of sp³-hybridized carbons (Fsp3) is 0.300. The average Bonchev–Trinajstić information content (AvgIpc) is 2.35. The third-order valence-corrected chi connectivity index (χ3v) is 2.24. The second-order valence-electron chi connectivity index (χ2n) is 2.96. The topological polar surface area (TPSA) is 63.0 Å². The zero-order chi connectivity index (χ0) is 13.0. The van der Waals surface area contributed by atoms with Gasteiger partial charge in [-0.25, -0.2) is 18.6 Å². The highest BCUT2D eigenvalue weighted by molar-refractivity contribution is 6.17. The molecule has 0 aliphatic carbocycles. The molecule has 0 aromatic carbocycles. The van der Waals surface area contributed by atoms with Crippen LogP contribution < -0.4 is 0 Å². The second-order valence-corrected chi connectivity index (χ2v) is 3.23. The predicted molar refractivity (Wildman–Crippen MR) is 54.8 cm³/mol. The Morgan fingerprint density at radius 2 is 2.35 bits per heavy atom. The van der Waals surface area contributed by atoms with Gasteiger partial charge in [-0.15, -0.1) is 11.6 Å². The Labute approximate surface area is 101 Å². The van der Waals surface area contributed by atoms with Crippen LogP contribution in [0.1, 0.15) is 33.7 Å². The average molecular weight is 261 g/mol. The van der Waals surface area contributed by atoms with E-state index >= 15 is 0 Å². The lowest BCUT2D eigenvalue weighted by molar-refractivity contribution is 0.0599. The number of aromatic nitrogens is 1. The van der Waals surface area contributed by atoms with Crippen LogP contribution in [0.15, 0.2) is 6.07 Å². The second kappa shape index (κ2) is 5.55. The maximum atomic E-state index is 12.7. The van der Waals surface area contributed by atoms with Gasteiger partial charge in [0.15, 0.2) is 0 Å². The molecule has 1 aromatic heterocycles. The normalized spacial score (nSPS) is 10.1. The van der Waals surface area contributed by atoms with Gasteiger partial charge in [0.1, 0.15) is 11.8 Å². The Balaban J connectivity index is 3.52. The van der Waals surface area contributed by atoms with Gasteiger partial charge >= 0.3 is 5.97 Å². The summed E-state index contributed by atoms with van der Waals surface area (Å²) in [4.78, 5) is 14.9. The molecule has 0 aliphatic heterocycles. The summed E-state index contributed by atoms with van der Waals surface area (Å²) in [6.07, 6.45) is -2.96. The molecule has 1 rings (SSSR count). The highest BCUT2D eigenvalue weighted by Gasteiger charge is 2.23. The lowest BCUT2D eigenvalue weighted by atomic mass is 10.1. The standard InChI is InChI=1S/C10H7ClF2N2O2/c1-17-10(16)6-2-5(3-11)15-8(9(12)13)7(6)4-14/h2,9H,3H2,1H3. The highest BCUT2D eigenvalue weighted by Crippen LogP contribution is 2.25. The number of methoxy groups -OCH3 is 1. The van der Waals surface area contributed by atoms with Crippen molar-refractivity contribution in [1.29, 1.82) is 5.26 Å². The number of nitriles is 1. The molecule has 0 aliphatic rings. The number of ether oxygens (including phenoxy) is 1. The van der Waals surface area contributed by atoms with Gasteiger partial charge in [0.25, 0.3) is 6.43 Å². The van der Waals surface area contributed by atoms with Gasteiger partial charge < -0.3 is 4.74 Å². The van der Waals surface area contributed by atoms with Crippen molar-refractivity contribution in [2.24, 2.45) is 0 Å². The first-order valence-corrected chi connectivity index (χ1v) is 4.95. The molecule has 0 saturated heterocycles. The van der Waals surface area contributed by atoms with Crippen LogP contribution in [-0.4, -0.2) is 18.1 Å². The smallest absolute Gasteiger partial charge is 0.339 e.